The SMILES string of the molecule is FC(F)(F)c1cc(NC2CCN(Cc3cn[nH]c3C3CC3)CC2)ncn1. The molecule has 0 atom stereocenters. The van der Waals surface area contributed by atoms with E-state index < -0.39 is 11.9 Å². The first-order chi connectivity index (χ1) is 12.5. The van der Waals surface area contributed by atoms with Crippen molar-refractivity contribution in [3.63, 3.8) is 0 Å². The number of rotatable bonds is 5. The number of aromatic amines is 1. The molecule has 0 bridgehead atoms. The molecule has 0 radical (unpaired) electrons. The molecule has 1 saturated carbocycles. The molecule has 9 heteroatoms. The fourth-order valence-electron chi connectivity index (χ4n) is 3.45. The molecule has 1 saturated heterocycles. The number of alkyl halides is 3. The summed E-state index contributed by atoms with van der Waals surface area (Å²) in [5.74, 6) is 0.879. The highest BCUT2D eigenvalue weighted by molar-refractivity contribution is 5.37. The first-order valence-electron chi connectivity index (χ1n) is 8.89. The standard InChI is InChI=1S/C17H21F3N6/c18-17(19,20)14-7-15(22-10-21-14)24-13-3-5-26(6-4-13)9-12-8-23-25-16(12)11-1-2-11/h7-8,10-11,13H,1-6,9H2,(H,23,25)(H,21,22,24). The van der Waals surface area contributed by atoms with Gasteiger partial charge in [-0.3, -0.25) is 10.00 Å². The number of aromatic nitrogens is 4. The smallest absolute Gasteiger partial charge is 0.367 e. The van der Waals surface area contributed by atoms with Gasteiger partial charge in [0.05, 0.1) is 6.20 Å². The van der Waals surface area contributed by atoms with Crippen molar-refractivity contribution in [2.45, 2.75) is 50.4 Å². The molecule has 26 heavy (non-hydrogen) atoms. The van der Waals surface area contributed by atoms with Crippen LogP contribution in [0.3, 0.4) is 0 Å². The minimum Gasteiger partial charge on any atom is -0.367 e. The third-order valence-corrected chi connectivity index (χ3v) is 5.03. The zero-order valence-electron chi connectivity index (χ0n) is 14.3. The van der Waals surface area contributed by atoms with E-state index in [1.54, 1.807) is 0 Å². The molecule has 2 aromatic rings. The number of nitrogens with zero attached hydrogens (tertiary/aromatic N) is 4. The van der Waals surface area contributed by atoms with E-state index in [9.17, 15) is 13.2 Å². The van der Waals surface area contributed by atoms with Gasteiger partial charge in [0.2, 0.25) is 0 Å². The lowest BCUT2D eigenvalue weighted by Gasteiger charge is -2.32. The largest absolute Gasteiger partial charge is 0.433 e. The zero-order chi connectivity index (χ0) is 18.1. The van der Waals surface area contributed by atoms with Crippen LogP contribution in [0.4, 0.5) is 19.0 Å². The minimum atomic E-state index is -4.45. The average Bonchev–Trinajstić information content (AvgIpc) is 3.36. The molecule has 0 unspecified atom stereocenters. The van der Waals surface area contributed by atoms with Crippen molar-refractivity contribution in [2.75, 3.05) is 18.4 Å². The van der Waals surface area contributed by atoms with Crippen LogP contribution in [0.1, 0.15) is 48.6 Å². The molecule has 1 aliphatic heterocycles. The van der Waals surface area contributed by atoms with Gasteiger partial charge in [0, 0.05) is 48.9 Å². The van der Waals surface area contributed by atoms with E-state index in [0.29, 0.717) is 5.92 Å². The Morgan fingerprint density at radius 1 is 1.15 bits per heavy atom. The van der Waals surface area contributed by atoms with Crippen molar-refractivity contribution < 1.29 is 13.2 Å². The van der Waals surface area contributed by atoms with Crippen LogP contribution >= 0.6 is 0 Å². The second kappa shape index (κ2) is 6.86. The summed E-state index contributed by atoms with van der Waals surface area (Å²) in [6.45, 7) is 2.66. The molecule has 2 aromatic heterocycles. The Morgan fingerprint density at radius 2 is 1.92 bits per heavy atom. The van der Waals surface area contributed by atoms with E-state index in [0.717, 1.165) is 44.9 Å². The number of H-pyrrole nitrogens is 1. The van der Waals surface area contributed by atoms with Gasteiger partial charge >= 0.3 is 6.18 Å². The van der Waals surface area contributed by atoms with Crippen molar-refractivity contribution in [3.8, 4) is 0 Å². The zero-order valence-corrected chi connectivity index (χ0v) is 14.3. The van der Waals surface area contributed by atoms with Gasteiger partial charge in [-0.1, -0.05) is 0 Å². The summed E-state index contributed by atoms with van der Waals surface area (Å²) in [6.07, 6.45) is 2.62. The van der Waals surface area contributed by atoms with E-state index >= 15 is 0 Å². The summed E-state index contributed by atoms with van der Waals surface area (Å²) in [5, 5.41) is 10.4. The summed E-state index contributed by atoms with van der Waals surface area (Å²) in [5.41, 5.74) is 1.62. The van der Waals surface area contributed by atoms with E-state index in [2.05, 4.69) is 30.4 Å². The quantitative estimate of drug-likeness (QED) is 0.851. The van der Waals surface area contributed by atoms with Gasteiger partial charge in [0.15, 0.2) is 0 Å². The average molecular weight is 366 g/mol. The Morgan fingerprint density at radius 3 is 2.62 bits per heavy atom. The number of halogens is 3. The fraction of sp³-hybridized carbons (Fsp3) is 0.588. The maximum atomic E-state index is 12.7. The van der Waals surface area contributed by atoms with Crippen LogP contribution in [-0.2, 0) is 12.7 Å². The Kier molecular flexibility index (Phi) is 4.56. The number of hydrogen-bond acceptors (Lipinski definition) is 5. The van der Waals surface area contributed by atoms with Gasteiger partial charge in [-0.25, -0.2) is 9.97 Å². The fourth-order valence-corrected chi connectivity index (χ4v) is 3.45. The molecule has 0 amide bonds. The van der Waals surface area contributed by atoms with Crippen molar-refractivity contribution in [1.82, 2.24) is 25.1 Å². The molecule has 2 aliphatic rings. The number of nitrogens with one attached hydrogen (secondary N) is 2. The third kappa shape index (κ3) is 3.98. The maximum Gasteiger partial charge on any atom is 0.433 e. The highest BCUT2D eigenvalue weighted by Crippen LogP contribution is 2.40. The van der Waals surface area contributed by atoms with E-state index in [1.807, 2.05) is 6.20 Å². The first kappa shape index (κ1) is 17.3. The van der Waals surface area contributed by atoms with Gasteiger partial charge in [0.25, 0.3) is 0 Å². The van der Waals surface area contributed by atoms with Crippen LogP contribution in [0.25, 0.3) is 0 Å². The lowest BCUT2D eigenvalue weighted by molar-refractivity contribution is -0.141. The number of piperidine rings is 1. The molecule has 1 aliphatic carbocycles. The normalized spacial score (nSPS) is 19.7. The highest BCUT2D eigenvalue weighted by atomic mass is 19.4. The van der Waals surface area contributed by atoms with Crippen molar-refractivity contribution in [2.24, 2.45) is 0 Å². The molecule has 3 heterocycles. The van der Waals surface area contributed by atoms with Crippen LogP contribution < -0.4 is 5.32 Å². The lowest BCUT2D eigenvalue weighted by Crippen LogP contribution is -2.39. The summed E-state index contributed by atoms with van der Waals surface area (Å²) in [7, 11) is 0. The Hall–Kier alpha value is -2.16. The highest BCUT2D eigenvalue weighted by Gasteiger charge is 2.33. The van der Waals surface area contributed by atoms with Gasteiger partial charge in [-0.15, -0.1) is 0 Å². The van der Waals surface area contributed by atoms with Crippen LogP contribution in [0, 0.1) is 0 Å². The van der Waals surface area contributed by atoms with Crippen molar-refractivity contribution in [1.29, 1.82) is 0 Å². The predicted octanol–water partition coefficient (Wildman–Crippen LogP) is 3.17. The second-order valence-corrected chi connectivity index (χ2v) is 7.06. The van der Waals surface area contributed by atoms with Crippen LogP contribution in [0.2, 0.25) is 0 Å². The summed E-state index contributed by atoms with van der Waals surface area (Å²) in [4.78, 5) is 9.58. The number of likely N-dealkylation sites (tertiary alicyclic amines) is 1. The van der Waals surface area contributed by atoms with E-state index in [1.165, 1.54) is 24.1 Å². The van der Waals surface area contributed by atoms with Crippen LogP contribution in [0.5, 0.6) is 0 Å². The third-order valence-electron chi connectivity index (χ3n) is 5.03. The molecule has 140 valence electrons. The van der Waals surface area contributed by atoms with Crippen molar-refractivity contribution >= 4 is 5.82 Å². The number of hydrogen-bond donors (Lipinski definition) is 2. The van der Waals surface area contributed by atoms with Crippen molar-refractivity contribution in [3.05, 3.63) is 35.5 Å². The molecule has 0 aromatic carbocycles. The first-order valence-corrected chi connectivity index (χ1v) is 8.89. The van der Waals surface area contributed by atoms with Gasteiger partial charge in [-0.05, 0) is 25.7 Å². The second-order valence-electron chi connectivity index (χ2n) is 7.06. The Balaban J connectivity index is 1.30. The van der Waals surface area contributed by atoms with Gasteiger partial charge in [-0.2, -0.15) is 18.3 Å². The Labute approximate surface area is 149 Å². The van der Waals surface area contributed by atoms with Gasteiger partial charge in [0.1, 0.15) is 17.8 Å². The van der Waals surface area contributed by atoms with Gasteiger partial charge < -0.3 is 5.32 Å². The summed E-state index contributed by atoms with van der Waals surface area (Å²) in [6, 6.07) is 1.09. The predicted molar refractivity (Wildman–Crippen MR) is 89.5 cm³/mol. The number of anilines is 1. The van der Waals surface area contributed by atoms with E-state index in [4.69, 9.17) is 0 Å². The molecular weight excluding hydrogens is 345 g/mol. The summed E-state index contributed by atoms with van der Waals surface area (Å²) >= 11 is 0. The molecule has 0 spiro atoms. The summed E-state index contributed by atoms with van der Waals surface area (Å²) < 4.78 is 38.2. The monoisotopic (exact) mass is 366 g/mol. The Bertz CT molecular complexity index is 747. The molecule has 4 rings (SSSR count). The van der Waals surface area contributed by atoms with E-state index in [-0.39, 0.29) is 11.9 Å². The minimum absolute atomic E-state index is 0.120. The van der Waals surface area contributed by atoms with Crippen LogP contribution in [0.15, 0.2) is 18.6 Å². The molecule has 2 fully saturated rings. The lowest BCUT2D eigenvalue weighted by atomic mass is 10.0. The molecule has 2 N–H and O–H groups in total. The maximum absolute atomic E-state index is 12.7. The molecule has 6 nitrogen and oxygen atoms in total. The molecular formula is C17H21F3N6. The van der Waals surface area contributed by atoms with Crippen LogP contribution in [-0.4, -0.2) is 44.2 Å². The topological polar surface area (TPSA) is 69.7 Å².